The molecule has 0 aliphatic carbocycles. The van der Waals surface area contributed by atoms with E-state index in [4.69, 9.17) is 5.73 Å². The molecule has 1 unspecified atom stereocenters. The minimum absolute atomic E-state index is 0.0240. The zero-order valence-corrected chi connectivity index (χ0v) is 11.1. The Morgan fingerprint density at radius 3 is 2.82 bits per heavy atom. The van der Waals surface area contributed by atoms with Gasteiger partial charge in [0.2, 0.25) is 0 Å². The van der Waals surface area contributed by atoms with Gasteiger partial charge in [-0.15, -0.1) is 0 Å². The van der Waals surface area contributed by atoms with Gasteiger partial charge in [-0.1, -0.05) is 6.92 Å². The van der Waals surface area contributed by atoms with Crippen LogP contribution in [0.15, 0.2) is 6.20 Å². The number of aromatic nitrogens is 2. The lowest BCUT2D eigenvalue weighted by Crippen LogP contribution is -2.36. The van der Waals surface area contributed by atoms with Gasteiger partial charge in [0.25, 0.3) is 5.91 Å². The Morgan fingerprint density at radius 2 is 2.29 bits per heavy atom. The average molecular weight is 238 g/mol. The molecule has 5 heteroatoms. The first kappa shape index (κ1) is 13.7. The molecule has 0 aliphatic heterocycles. The van der Waals surface area contributed by atoms with Crippen LogP contribution in [0.1, 0.15) is 36.3 Å². The molecule has 0 aromatic carbocycles. The van der Waals surface area contributed by atoms with Crippen molar-refractivity contribution >= 4 is 5.91 Å². The largest absolute Gasteiger partial charge is 0.339 e. The van der Waals surface area contributed by atoms with Gasteiger partial charge >= 0.3 is 0 Å². The number of nitrogens with zero attached hydrogens (tertiary/aromatic N) is 3. The number of nitrogens with two attached hydrogens (primary N) is 1. The first-order valence-electron chi connectivity index (χ1n) is 6.01. The molecule has 1 rings (SSSR count). The molecule has 17 heavy (non-hydrogen) atoms. The zero-order chi connectivity index (χ0) is 13.0. The molecule has 2 N–H and O–H groups in total. The minimum atomic E-state index is 0.0240. The van der Waals surface area contributed by atoms with Crippen LogP contribution < -0.4 is 5.73 Å². The second kappa shape index (κ2) is 5.82. The van der Waals surface area contributed by atoms with Gasteiger partial charge in [0.05, 0.1) is 11.3 Å². The van der Waals surface area contributed by atoms with Crippen LogP contribution in [0.5, 0.6) is 0 Å². The number of carbonyl (C=O) groups is 1. The smallest absolute Gasteiger partial charge is 0.257 e. The monoisotopic (exact) mass is 238 g/mol. The predicted molar refractivity (Wildman–Crippen MR) is 67.8 cm³/mol. The van der Waals surface area contributed by atoms with Crippen LogP contribution in [-0.4, -0.2) is 40.2 Å². The van der Waals surface area contributed by atoms with E-state index < -0.39 is 0 Å². The summed E-state index contributed by atoms with van der Waals surface area (Å²) in [6.45, 7) is 4.60. The first-order chi connectivity index (χ1) is 8.01. The Balaban J connectivity index is 2.87. The summed E-state index contributed by atoms with van der Waals surface area (Å²) >= 11 is 0. The van der Waals surface area contributed by atoms with E-state index in [0.29, 0.717) is 12.1 Å². The lowest BCUT2D eigenvalue weighted by Gasteiger charge is -2.24. The van der Waals surface area contributed by atoms with Crippen molar-refractivity contribution in [1.29, 1.82) is 0 Å². The molecule has 0 saturated heterocycles. The highest BCUT2D eigenvalue weighted by Crippen LogP contribution is 2.12. The van der Waals surface area contributed by atoms with Crippen molar-refractivity contribution in [3.8, 4) is 0 Å². The summed E-state index contributed by atoms with van der Waals surface area (Å²) in [5, 5.41) is 4.28. The molecule has 1 aromatic rings. The van der Waals surface area contributed by atoms with Gasteiger partial charge in [0.15, 0.2) is 0 Å². The Kier molecular flexibility index (Phi) is 4.69. The topological polar surface area (TPSA) is 64.2 Å². The van der Waals surface area contributed by atoms with Crippen molar-refractivity contribution in [1.82, 2.24) is 14.7 Å². The summed E-state index contributed by atoms with van der Waals surface area (Å²) in [5.74, 6) is 0.0240. The second-order valence-electron chi connectivity index (χ2n) is 4.36. The fourth-order valence-electron chi connectivity index (χ4n) is 1.80. The average Bonchev–Trinajstić information content (AvgIpc) is 2.68. The maximum absolute atomic E-state index is 12.3. The highest BCUT2D eigenvalue weighted by atomic mass is 16.2. The van der Waals surface area contributed by atoms with Gasteiger partial charge in [-0.2, -0.15) is 5.10 Å². The van der Waals surface area contributed by atoms with E-state index in [2.05, 4.69) is 5.10 Å². The lowest BCUT2D eigenvalue weighted by atomic mass is 10.1. The van der Waals surface area contributed by atoms with E-state index in [1.807, 2.05) is 27.9 Å². The summed E-state index contributed by atoms with van der Waals surface area (Å²) in [6, 6.07) is 0.150. The van der Waals surface area contributed by atoms with E-state index >= 15 is 0 Å². The van der Waals surface area contributed by atoms with E-state index in [-0.39, 0.29) is 11.9 Å². The maximum Gasteiger partial charge on any atom is 0.257 e. The molecule has 1 amide bonds. The molecule has 96 valence electrons. The summed E-state index contributed by atoms with van der Waals surface area (Å²) in [6.07, 6.45) is 3.36. The number of carbonyl (C=O) groups excluding carboxylic acids is 1. The van der Waals surface area contributed by atoms with Gasteiger partial charge in [-0.3, -0.25) is 9.48 Å². The number of hydrogen-bond donors (Lipinski definition) is 1. The molecule has 0 aliphatic rings. The van der Waals surface area contributed by atoms with E-state index in [1.165, 1.54) is 0 Å². The van der Waals surface area contributed by atoms with Crippen molar-refractivity contribution < 1.29 is 4.79 Å². The van der Waals surface area contributed by atoms with Crippen molar-refractivity contribution in [2.45, 2.75) is 32.7 Å². The fraction of sp³-hybridized carbons (Fsp3) is 0.667. The van der Waals surface area contributed by atoms with Crippen LogP contribution in [-0.2, 0) is 13.5 Å². The molecule has 1 aromatic heterocycles. The summed E-state index contributed by atoms with van der Waals surface area (Å²) in [7, 11) is 3.65. The molecule has 5 nitrogen and oxygen atoms in total. The quantitative estimate of drug-likeness (QED) is 0.825. The van der Waals surface area contributed by atoms with Crippen LogP contribution >= 0.6 is 0 Å². The van der Waals surface area contributed by atoms with E-state index in [9.17, 15) is 4.79 Å². The van der Waals surface area contributed by atoms with Gasteiger partial charge in [0.1, 0.15) is 0 Å². The van der Waals surface area contributed by atoms with Gasteiger partial charge in [0, 0.05) is 26.3 Å². The molecular weight excluding hydrogens is 216 g/mol. The normalized spacial score (nSPS) is 12.5. The van der Waals surface area contributed by atoms with Crippen LogP contribution in [0.25, 0.3) is 0 Å². The molecule has 1 atom stereocenters. The first-order valence-corrected chi connectivity index (χ1v) is 6.01. The SMILES string of the molecule is CCc1nn(C)cc1C(=O)N(C)C(C)CCN. The van der Waals surface area contributed by atoms with E-state index in [0.717, 1.165) is 18.5 Å². The van der Waals surface area contributed by atoms with E-state index in [1.54, 1.807) is 15.8 Å². The van der Waals surface area contributed by atoms with Crippen molar-refractivity contribution in [3.05, 3.63) is 17.5 Å². The Labute approximate surface area is 103 Å². The van der Waals surface area contributed by atoms with Crippen LogP contribution in [0, 0.1) is 0 Å². The van der Waals surface area contributed by atoms with Crippen molar-refractivity contribution in [2.75, 3.05) is 13.6 Å². The molecule has 0 bridgehead atoms. The van der Waals surface area contributed by atoms with Crippen LogP contribution in [0.3, 0.4) is 0 Å². The Morgan fingerprint density at radius 1 is 1.65 bits per heavy atom. The maximum atomic E-state index is 12.3. The molecule has 0 saturated carbocycles. The fourth-order valence-corrected chi connectivity index (χ4v) is 1.80. The summed E-state index contributed by atoms with van der Waals surface area (Å²) in [5.41, 5.74) is 7.06. The summed E-state index contributed by atoms with van der Waals surface area (Å²) < 4.78 is 1.69. The number of hydrogen-bond acceptors (Lipinski definition) is 3. The second-order valence-corrected chi connectivity index (χ2v) is 4.36. The zero-order valence-electron chi connectivity index (χ0n) is 11.1. The minimum Gasteiger partial charge on any atom is -0.339 e. The molecular formula is C12H22N4O. The standard InChI is InChI=1S/C12H22N4O/c1-5-11-10(8-15(3)14-11)12(17)16(4)9(2)6-7-13/h8-9H,5-7,13H2,1-4H3. The molecule has 1 heterocycles. The van der Waals surface area contributed by atoms with Crippen molar-refractivity contribution in [3.63, 3.8) is 0 Å². The van der Waals surface area contributed by atoms with Gasteiger partial charge in [-0.05, 0) is 26.3 Å². The number of aryl methyl sites for hydroxylation is 2. The third-order valence-corrected chi connectivity index (χ3v) is 3.04. The van der Waals surface area contributed by atoms with Crippen LogP contribution in [0.4, 0.5) is 0 Å². The number of rotatable bonds is 5. The molecule has 0 spiro atoms. The number of amides is 1. The predicted octanol–water partition coefficient (Wildman–Crippen LogP) is 0.792. The molecule has 0 radical (unpaired) electrons. The third-order valence-electron chi connectivity index (χ3n) is 3.04. The third kappa shape index (κ3) is 3.06. The highest BCUT2D eigenvalue weighted by Gasteiger charge is 2.21. The highest BCUT2D eigenvalue weighted by molar-refractivity contribution is 5.95. The van der Waals surface area contributed by atoms with Crippen LogP contribution in [0.2, 0.25) is 0 Å². The lowest BCUT2D eigenvalue weighted by molar-refractivity contribution is 0.0738. The van der Waals surface area contributed by atoms with Gasteiger partial charge < -0.3 is 10.6 Å². The summed E-state index contributed by atoms with van der Waals surface area (Å²) in [4.78, 5) is 14.0. The molecule has 0 fully saturated rings. The van der Waals surface area contributed by atoms with Gasteiger partial charge in [-0.25, -0.2) is 0 Å². The van der Waals surface area contributed by atoms with Crippen molar-refractivity contribution in [2.24, 2.45) is 12.8 Å². The Bertz CT molecular complexity index is 386. The Hall–Kier alpha value is -1.36.